The molecular weight excluding hydrogens is 436 g/mol. The van der Waals surface area contributed by atoms with Gasteiger partial charge in [-0.25, -0.2) is 9.52 Å². The zero-order valence-electron chi connectivity index (χ0n) is 16.1. The van der Waals surface area contributed by atoms with Gasteiger partial charge >= 0.3 is 6.03 Å². The standard InChI is InChI=1S/C16H18N6O6S2/c1-4-29(24)13-14(22-8-6-5-7-10(22)17-13)30(25,26)21-16(23)20-15-18-11(27-2)9-12(19-15)28-3/h5-9H,4H2,1-3H3,(H2,18,19,20,21,23). The van der Waals surface area contributed by atoms with Crippen LogP contribution < -0.4 is 19.5 Å². The number of ether oxygens (including phenoxy) is 2. The molecule has 0 fully saturated rings. The highest BCUT2D eigenvalue weighted by Crippen LogP contribution is 2.23. The van der Waals surface area contributed by atoms with Crippen LogP contribution in [-0.2, 0) is 21.2 Å². The Labute approximate surface area is 174 Å². The number of pyridine rings is 1. The van der Waals surface area contributed by atoms with Crippen LogP contribution in [0.4, 0.5) is 10.7 Å². The number of anilines is 1. The predicted molar refractivity (Wildman–Crippen MR) is 107 cm³/mol. The molecule has 160 valence electrons. The molecule has 0 spiro atoms. The van der Waals surface area contributed by atoms with Crippen molar-refractivity contribution in [3.05, 3.63) is 30.5 Å². The Morgan fingerprint density at radius 1 is 1.20 bits per heavy atom. The lowest BCUT2D eigenvalue weighted by atomic mass is 10.5. The maximum Gasteiger partial charge on any atom is 0.335 e. The summed E-state index contributed by atoms with van der Waals surface area (Å²) in [4.78, 5) is 24.3. The number of amides is 2. The first-order valence-electron chi connectivity index (χ1n) is 8.45. The lowest BCUT2D eigenvalue weighted by Crippen LogP contribution is -2.36. The van der Waals surface area contributed by atoms with E-state index in [-0.39, 0.29) is 34.1 Å². The monoisotopic (exact) mass is 454 g/mol. The second-order valence-corrected chi connectivity index (χ2v) is 8.87. The third kappa shape index (κ3) is 4.39. The molecule has 0 bridgehead atoms. The van der Waals surface area contributed by atoms with E-state index in [1.165, 1.54) is 30.9 Å². The fraction of sp³-hybridized carbons (Fsp3) is 0.250. The van der Waals surface area contributed by atoms with E-state index in [4.69, 9.17) is 9.47 Å². The van der Waals surface area contributed by atoms with E-state index >= 15 is 0 Å². The molecule has 14 heteroatoms. The molecule has 0 aliphatic rings. The van der Waals surface area contributed by atoms with Crippen LogP contribution in [0.5, 0.6) is 11.8 Å². The molecular formula is C16H18N6O6S2. The third-order valence-corrected chi connectivity index (χ3v) is 6.46. The minimum Gasteiger partial charge on any atom is -0.610 e. The summed E-state index contributed by atoms with van der Waals surface area (Å²) < 4.78 is 51.3. The van der Waals surface area contributed by atoms with Crippen LogP contribution in [0.25, 0.3) is 5.65 Å². The minimum atomic E-state index is -4.45. The first-order chi connectivity index (χ1) is 14.3. The largest absolute Gasteiger partial charge is 0.610 e. The number of rotatable bonds is 7. The van der Waals surface area contributed by atoms with Gasteiger partial charge in [-0.15, -0.1) is 0 Å². The fourth-order valence-electron chi connectivity index (χ4n) is 2.45. The number of nitrogens with one attached hydrogen (secondary N) is 2. The van der Waals surface area contributed by atoms with Crippen LogP contribution in [0.2, 0.25) is 0 Å². The molecule has 3 aromatic heterocycles. The van der Waals surface area contributed by atoms with Crippen LogP contribution in [-0.4, -0.2) is 58.3 Å². The van der Waals surface area contributed by atoms with E-state index in [1.54, 1.807) is 25.1 Å². The molecule has 2 amide bonds. The molecule has 30 heavy (non-hydrogen) atoms. The molecule has 1 unspecified atom stereocenters. The Balaban J connectivity index is 1.93. The number of fused-ring (bicyclic) bond motifs is 1. The molecule has 0 saturated carbocycles. The Morgan fingerprint density at radius 3 is 2.47 bits per heavy atom. The second kappa shape index (κ2) is 8.73. The highest BCUT2D eigenvalue weighted by Gasteiger charge is 2.33. The first kappa shape index (κ1) is 21.6. The molecule has 3 aromatic rings. The second-order valence-electron chi connectivity index (χ2n) is 5.62. The highest BCUT2D eigenvalue weighted by molar-refractivity contribution is 7.93. The summed E-state index contributed by atoms with van der Waals surface area (Å²) >= 11 is -1.68. The first-order valence-corrected chi connectivity index (χ1v) is 11.3. The summed E-state index contributed by atoms with van der Waals surface area (Å²) in [5.41, 5.74) is 0.274. The van der Waals surface area contributed by atoms with Gasteiger partial charge in [0, 0.05) is 17.4 Å². The molecule has 0 aromatic carbocycles. The predicted octanol–water partition coefficient (Wildman–Crippen LogP) is 0.779. The number of hydrogen-bond donors (Lipinski definition) is 2. The number of sulfonamides is 1. The van der Waals surface area contributed by atoms with Gasteiger partial charge in [0.1, 0.15) is 11.4 Å². The van der Waals surface area contributed by atoms with Crippen LogP contribution in [0.1, 0.15) is 6.92 Å². The smallest absolute Gasteiger partial charge is 0.335 e. The number of aromatic nitrogens is 4. The highest BCUT2D eigenvalue weighted by atomic mass is 32.2. The average molecular weight is 454 g/mol. The molecule has 2 N–H and O–H groups in total. The van der Waals surface area contributed by atoms with Crippen molar-refractivity contribution in [3.8, 4) is 11.8 Å². The maximum absolute atomic E-state index is 12.9. The average Bonchev–Trinajstić information content (AvgIpc) is 3.12. The van der Waals surface area contributed by atoms with E-state index in [0.29, 0.717) is 0 Å². The van der Waals surface area contributed by atoms with Gasteiger partial charge in [-0.1, -0.05) is 6.07 Å². The number of carbonyl (C=O) groups is 1. The van der Waals surface area contributed by atoms with Gasteiger partial charge in [0.05, 0.1) is 20.3 Å². The van der Waals surface area contributed by atoms with E-state index < -0.39 is 32.3 Å². The Bertz CT molecular complexity index is 1160. The van der Waals surface area contributed by atoms with Crippen molar-refractivity contribution in [1.82, 2.24) is 24.1 Å². The van der Waals surface area contributed by atoms with E-state index in [1.807, 2.05) is 4.72 Å². The minimum absolute atomic E-state index is 0.0995. The lowest BCUT2D eigenvalue weighted by molar-refractivity contribution is 0.256. The summed E-state index contributed by atoms with van der Waals surface area (Å²) in [5, 5.41) is 1.66. The summed E-state index contributed by atoms with van der Waals surface area (Å²) in [7, 11) is -1.74. The summed E-state index contributed by atoms with van der Waals surface area (Å²) in [6, 6.07) is 5.05. The zero-order chi connectivity index (χ0) is 21.9. The maximum atomic E-state index is 12.9. The topological polar surface area (TPSA) is 160 Å². The van der Waals surface area contributed by atoms with E-state index in [0.717, 1.165) is 0 Å². The molecule has 0 aliphatic heterocycles. The van der Waals surface area contributed by atoms with Gasteiger partial charge in [-0.05, 0) is 19.1 Å². The summed E-state index contributed by atoms with van der Waals surface area (Å²) in [5.74, 6) is 0.106. The van der Waals surface area contributed by atoms with Crippen molar-refractivity contribution >= 4 is 38.8 Å². The lowest BCUT2D eigenvalue weighted by Gasteiger charge is -2.11. The van der Waals surface area contributed by atoms with Gasteiger partial charge in [0.25, 0.3) is 15.0 Å². The molecule has 0 radical (unpaired) electrons. The van der Waals surface area contributed by atoms with Crippen molar-refractivity contribution in [2.24, 2.45) is 0 Å². The van der Waals surface area contributed by atoms with Crippen molar-refractivity contribution in [1.29, 1.82) is 0 Å². The zero-order valence-corrected chi connectivity index (χ0v) is 17.8. The van der Waals surface area contributed by atoms with Crippen molar-refractivity contribution in [2.75, 3.05) is 25.3 Å². The number of carbonyl (C=O) groups excluding carboxylic acids is 1. The normalized spacial score (nSPS) is 12.4. The number of nitrogens with zero attached hydrogens (tertiary/aromatic N) is 4. The number of hydrogen-bond acceptors (Lipinski definition) is 9. The summed E-state index contributed by atoms with van der Waals surface area (Å²) in [6.07, 6.45) is 1.45. The Morgan fingerprint density at radius 2 is 1.87 bits per heavy atom. The van der Waals surface area contributed by atoms with Crippen molar-refractivity contribution in [2.45, 2.75) is 17.0 Å². The molecule has 1 atom stereocenters. The van der Waals surface area contributed by atoms with Gasteiger partial charge in [-0.2, -0.15) is 23.4 Å². The molecule has 3 heterocycles. The van der Waals surface area contributed by atoms with Crippen LogP contribution in [0.15, 0.2) is 40.5 Å². The van der Waals surface area contributed by atoms with Crippen LogP contribution in [0, 0.1) is 0 Å². The number of urea groups is 1. The quantitative estimate of drug-likeness (QED) is 0.492. The Kier molecular flexibility index (Phi) is 6.28. The van der Waals surface area contributed by atoms with Crippen LogP contribution >= 0.6 is 0 Å². The van der Waals surface area contributed by atoms with Gasteiger partial charge < -0.3 is 14.0 Å². The molecule has 12 nitrogen and oxygen atoms in total. The summed E-state index contributed by atoms with van der Waals surface area (Å²) in [6.45, 7) is 1.63. The Hall–Kier alpha value is -3.10. The van der Waals surface area contributed by atoms with E-state index in [2.05, 4.69) is 20.3 Å². The van der Waals surface area contributed by atoms with Gasteiger partial charge in [-0.3, -0.25) is 9.72 Å². The molecule has 0 aliphatic carbocycles. The number of imidazole rings is 1. The third-order valence-electron chi connectivity index (χ3n) is 3.74. The number of methoxy groups -OCH3 is 2. The van der Waals surface area contributed by atoms with Crippen molar-refractivity contribution < 1.29 is 27.2 Å². The van der Waals surface area contributed by atoms with Gasteiger partial charge in [0.15, 0.2) is 0 Å². The van der Waals surface area contributed by atoms with Crippen molar-refractivity contribution in [3.63, 3.8) is 0 Å². The molecule has 3 rings (SSSR count). The molecule has 0 saturated heterocycles. The van der Waals surface area contributed by atoms with Crippen LogP contribution in [0.3, 0.4) is 0 Å². The fourth-order valence-corrected chi connectivity index (χ4v) is 4.90. The van der Waals surface area contributed by atoms with Gasteiger partial charge in [0.2, 0.25) is 22.7 Å². The van der Waals surface area contributed by atoms with E-state index in [9.17, 15) is 17.8 Å². The SMILES string of the molecule is CC[S+]([O-])c1nc2ccccn2c1S(=O)(=O)NC(=O)Nc1nc(OC)cc(OC)n1.